The summed E-state index contributed by atoms with van der Waals surface area (Å²) in [5.41, 5.74) is 0.954. The van der Waals surface area contributed by atoms with Crippen LogP contribution in [0.15, 0.2) is 42.5 Å². The fourth-order valence-electron chi connectivity index (χ4n) is 1.90. The number of hydrogen-bond donors (Lipinski definition) is 1. The zero-order valence-corrected chi connectivity index (χ0v) is 12.2. The molecule has 23 heavy (non-hydrogen) atoms. The maximum absolute atomic E-state index is 12.8. The summed E-state index contributed by atoms with van der Waals surface area (Å²) in [5, 5.41) is 2.64. The highest BCUT2D eigenvalue weighted by molar-refractivity contribution is 5.94. The number of amides is 1. The first kappa shape index (κ1) is 16.7. The van der Waals surface area contributed by atoms with Crippen LogP contribution in [0.3, 0.4) is 0 Å². The maximum Gasteiger partial charge on any atom is 0.387 e. The number of benzene rings is 2. The van der Waals surface area contributed by atoms with Crippen molar-refractivity contribution < 1.29 is 27.4 Å². The van der Waals surface area contributed by atoms with E-state index >= 15 is 0 Å². The van der Waals surface area contributed by atoms with E-state index in [-0.39, 0.29) is 24.0 Å². The maximum atomic E-state index is 12.8. The number of alkyl halides is 2. The van der Waals surface area contributed by atoms with Crippen LogP contribution in [0, 0.1) is 5.82 Å². The van der Waals surface area contributed by atoms with Crippen LogP contribution in [0.1, 0.15) is 15.9 Å². The summed E-state index contributed by atoms with van der Waals surface area (Å²) < 4.78 is 46.6. The van der Waals surface area contributed by atoms with Crippen LogP contribution in [0.4, 0.5) is 13.2 Å². The van der Waals surface area contributed by atoms with Crippen molar-refractivity contribution in [2.45, 2.75) is 13.2 Å². The Labute approximate surface area is 130 Å². The first-order valence-electron chi connectivity index (χ1n) is 6.65. The van der Waals surface area contributed by atoms with Gasteiger partial charge in [-0.15, -0.1) is 0 Å². The van der Waals surface area contributed by atoms with Crippen molar-refractivity contribution in [1.82, 2.24) is 5.32 Å². The van der Waals surface area contributed by atoms with Crippen molar-refractivity contribution in [3.05, 3.63) is 59.4 Å². The molecule has 0 fully saturated rings. The van der Waals surface area contributed by atoms with Crippen molar-refractivity contribution in [3.63, 3.8) is 0 Å². The van der Waals surface area contributed by atoms with Gasteiger partial charge in [-0.1, -0.05) is 6.07 Å². The zero-order chi connectivity index (χ0) is 16.8. The monoisotopic (exact) mass is 325 g/mol. The highest BCUT2D eigenvalue weighted by atomic mass is 19.3. The number of nitrogens with one attached hydrogen (secondary N) is 1. The lowest BCUT2D eigenvalue weighted by atomic mass is 10.1. The fraction of sp³-hybridized carbons (Fsp3) is 0.188. The van der Waals surface area contributed by atoms with Crippen molar-refractivity contribution in [2.75, 3.05) is 7.11 Å². The Morgan fingerprint density at radius 1 is 1.13 bits per heavy atom. The van der Waals surface area contributed by atoms with E-state index < -0.39 is 12.4 Å². The van der Waals surface area contributed by atoms with Crippen LogP contribution >= 0.6 is 0 Å². The van der Waals surface area contributed by atoms with Gasteiger partial charge in [-0.05, 0) is 42.0 Å². The number of ether oxygens (including phenoxy) is 2. The first-order chi connectivity index (χ1) is 11.0. The van der Waals surface area contributed by atoms with Gasteiger partial charge in [0.25, 0.3) is 5.91 Å². The molecule has 0 atom stereocenters. The molecule has 0 aromatic heterocycles. The summed E-state index contributed by atoms with van der Waals surface area (Å²) in [6, 6.07) is 9.47. The van der Waals surface area contributed by atoms with E-state index in [4.69, 9.17) is 4.74 Å². The predicted octanol–water partition coefficient (Wildman–Crippen LogP) is 3.37. The lowest BCUT2D eigenvalue weighted by Gasteiger charge is -2.12. The third-order valence-corrected chi connectivity index (χ3v) is 3.00. The number of hydrogen-bond acceptors (Lipinski definition) is 3. The summed E-state index contributed by atoms with van der Waals surface area (Å²) in [7, 11) is 1.33. The molecular weight excluding hydrogens is 311 g/mol. The molecule has 7 heteroatoms. The SMILES string of the molecule is COc1cc(CNC(=O)c2ccc(F)cc2)ccc1OC(F)F. The molecule has 1 N–H and O–H groups in total. The van der Waals surface area contributed by atoms with Crippen molar-refractivity contribution in [2.24, 2.45) is 0 Å². The molecule has 0 saturated carbocycles. The average Bonchev–Trinajstić information content (AvgIpc) is 2.53. The van der Waals surface area contributed by atoms with Crippen LogP contribution < -0.4 is 14.8 Å². The molecular formula is C16H14F3NO3. The largest absolute Gasteiger partial charge is 0.493 e. The van der Waals surface area contributed by atoms with E-state index in [1.54, 1.807) is 0 Å². The second kappa shape index (κ2) is 7.53. The smallest absolute Gasteiger partial charge is 0.387 e. The summed E-state index contributed by atoms with van der Waals surface area (Å²) >= 11 is 0. The Morgan fingerprint density at radius 2 is 1.83 bits per heavy atom. The van der Waals surface area contributed by atoms with Gasteiger partial charge in [0.15, 0.2) is 11.5 Å². The van der Waals surface area contributed by atoms with Crippen molar-refractivity contribution in [3.8, 4) is 11.5 Å². The number of carbonyl (C=O) groups excluding carboxylic acids is 1. The molecule has 0 aliphatic heterocycles. The van der Waals surface area contributed by atoms with Crippen molar-refractivity contribution in [1.29, 1.82) is 0 Å². The Morgan fingerprint density at radius 3 is 2.43 bits per heavy atom. The normalized spacial score (nSPS) is 10.5. The number of halogens is 3. The molecule has 0 radical (unpaired) electrons. The third kappa shape index (κ3) is 4.64. The Kier molecular flexibility index (Phi) is 5.46. The number of carbonyl (C=O) groups is 1. The van der Waals surface area contributed by atoms with Crippen LogP contribution in [-0.2, 0) is 6.54 Å². The molecule has 0 unspecified atom stereocenters. The fourth-order valence-corrected chi connectivity index (χ4v) is 1.90. The van der Waals surface area contributed by atoms with E-state index in [2.05, 4.69) is 10.1 Å². The molecule has 0 bridgehead atoms. The highest BCUT2D eigenvalue weighted by Gasteiger charge is 2.12. The van der Waals surface area contributed by atoms with E-state index in [1.807, 2.05) is 0 Å². The van der Waals surface area contributed by atoms with Gasteiger partial charge in [0.2, 0.25) is 0 Å². The topological polar surface area (TPSA) is 47.6 Å². The Balaban J connectivity index is 2.02. The molecule has 122 valence electrons. The highest BCUT2D eigenvalue weighted by Crippen LogP contribution is 2.29. The predicted molar refractivity (Wildman–Crippen MR) is 77.2 cm³/mol. The third-order valence-electron chi connectivity index (χ3n) is 3.00. The van der Waals surface area contributed by atoms with E-state index in [1.165, 1.54) is 49.6 Å². The van der Waals surface area contributed by atoms with Gasteiger partial charge >= 0.3 is 6.61 Å². The van der Waals surface area contributed by atoms with Gasteiger partial charge in [-0.3, -0.25) is 4.79 Å². The van der Waals surface area contributed by atoms with Crippen LogP contribution in [0.2, 0.25) is 0 Å². The van der Waals surface area contributed by atoms with E-state index in [0.717, 1.165) is 0 Å². The molecule has 4 nitrogen and oxygen atoms in total. The summed E-state index contributed by atoms with van der Waals surface area (Å²) in [6.07, 6.45) is 0. The molecule has 0 heterocycles. The van der Waals surface area contributed by atoms with Gasteiger partial charge < -0.3 is 14.8 Å². The standard InChI is InChI=1S/C16H14F3NO3/c1-22-14-8-10(2-7-13(14)23-16(18)19)9-20-15(21)11-3-5-12(17)6-4-11/h2-8,16H,9H2,1H3,(H,20,21). The molecule has 0 saturated heterocycles. The quantitative estimate of drug-likeness (QED) is 0.886. The van der Waals surface area contributed by atoms with Crippen LogP contribution in [0.5, 0.6) is 11.5 Å². The van der Waals surface area contributed by atoms with Gasteiger partial charge in [-0.2, -0.15) is 8.78 Å². The average molecular weight is 325 g/mol. The summed E-state index contributed by atoms with van der Waals surface area (Å²) in [4.78, 5) is 11.9. The van der Waals surface area contributed by atoms with Gasteiger partial charge in [0.05, 0.1) is 7.11 Å². The second-order valence-electron chi connectivity index (χ2n) is 4.55. The molecule has 2 aromatic carbocycles. The lowest BCUT2D eigenvalue weighted by Crippen LogP contribution is -2.22. The van der Waals surface area contributed by atoms with Crippen LogP contribution in [0.25, 0.3) is 0 Å². The lowest BCUT2D eigenvalue weighted by molar-refractivity contribution is -0.0512. The molecule has 2 rings (SSSR count). The zero-order valence-electron chi connectivity index (χ0n) is 12.2. The van der Waals surface area contributed by atoms with Gasteiger partial charge in [0, 0.05) is 12.1 Å². The molecule has 0 aliphatic carbocycles. The molecule has 0 spiro atoms. The Bertz CT molecular complexity index is 675. The molecule has 2 aromatic rings. The first-order valence-corrected chi connectivity index (χ1v) is 6.65. The minimum Gasteiger partial charge on any atom is -0.493 e. The number of rotatable bonds is 6. The van der Waals surface area contributed by atoms with Gasteiger partial charge in [-0.25, -0.2) is 4.39 Å². The molecule has 0 aliphatic rings. The van der Waals surface area contributed by atoms with Gasteiger partial charge in [0.1, 0.15) is 5.82 Å². The Hall–Kier alpha value is -2.70. The van der Waals surface area contributed by atoms with E-state index in [0.29, 0.717) is 11.1 Å². The molecule has 1 amide bonds. The summed E-state index contributed by atoms with van der Waals surface area (Å²) in [5.74, 6) is -0.757. The minimum absolute atomic E-state index is 0.0869. The van der Waals surface area contributed by atoms with E-state index in [9.17, 15) is 18.0 Å². The minimum atomic E-state index is -2.95. The van der Waals surface area contributed by atoms with Crippen LogP contribution in [-0.4, -0.2) is 19.6 Å². The van der Waals surface area contributed by atoms with Crippen molar-refractivity contribution >= 4 is 5.91 Å². The number of methoxy groups -OCH3 is 1. The summed E-state index contributed by atoms with van der Waals surface area (Å²) in [6.45, 7) is -2.80. The second-order valence-corrected chi connectivity index (χ2v) is 4.55.